The molecule has 1 unspecified atom stereocenters. The van der Waals surface area contributed by atoms with Gasteiger partial charge >= 0.3 is 0 Å². The summed E-state index contributed by atoms with van der Waals surface area (Å²) in [6, 6.07) is 0. The van der Waals surface area contributed by atoms with Gasteiger partial charge in [0.1, 0.15) is 6.10 Å². The van der Waals surface area contributed by atoms with Crippen LogP contribution in [-0.2, 0) is 14.7 Å². The molecule has 0 spiro atoms. The molecule has 0 aromatic carbocycles. The molecule has 1 radical (unpaired) electrons. The monoisotopic (exact) mass is 260 g/mol. The number of hydroxylamine groups is 2. The van der Waals surface area contributed by atoms with Crippen LogP contribution < -0.4 is 0 Å². The van der Waals surface area contributed by atoms with Crippen LogP contribution in [0.1, 0.15) is 40.5 Å². The molecule has 0 aromatic heterocycles. The Morgan fingerprint density at radius 2 is 1.72 bits per heavy atom. The lowest BCUT2D eigenvalue weighted by atomic mass is 9.80. The van der Waals surface area contributed by atoms with Crippen molar-refractivity contribution < 1.29 is 19.8 Å². The van der Waals surface area contributed by atoms with Crippen LogP contribution in [0.2, 0.25) is 0 Å². The van der Waals surface area contributed by atoms with E-state index in [9.17, 15) is 10.3 Å². The Kier molecular flexibility index (Phi) is 5.14. The molecule has 5 heteroatoms. The normalized spacial score (nSPS) is 26.2. The van der Waals surface area contributed by atoms with Crippen LogP contribution >= 0.6 is 0 Å². The van der Waals surface area contributed by atoms with Crippen molar-refractivity contribution in [2.45, 2.75) is 63.8 Å². The molecular formula is C13H26NO4. The van der Waals surface area contributed by atoms with E-state index < -0.39 is 17.2 Å². The zero-order valence-electron chi connectivity index (χ0n) is 12.1. The van der Waals surface area contributed by atoms with Gasteiger partial charge in [-0.25, -0.2) is 0 Å². The SMILES string of the molecule is COCC(O)COC1CC(C)(C)N([O])C(C)(C)C1. The van der Waals surface area contributed by atoms with Crippen LogP contribution in [0.25, 0.3) is 0 Å². The largest absolute Gasteiger partial charge is 0.388 e. The van der Waals surface area contributed by atoms with Gasteiger partial charge in [0.25, 0.3) is 0 Å². The topological polar surface area (TPSA) is 61.8 Å². The Morgan fingerprint density at radius 3 is 2.17 bits per heavy atom. The number of rotatable bonds is 5. The van der Waals surface area contributed by atoms with Crippen LogP contribution in [-0.4, -0.2) is 53.8 Å². The molecule has 1 fully saturated rings. The first kappa shape index (κ1) is 15.9. The fourth-order valence-electron chi connectivity index (χ4n) is 2.78. The number of hydrogen-bond acceptors (Lipinski definition) is 4. The van der Waals surface area contributed by atoms with Crippen molar-refractivity contribution in [3.05, 3.63) is 0 Å². The molecule has 1 atom stereocenters. The second-order valence-corrected chi connectivity index (χ2v) is 6.39. The molecule has 1 N–H and O–H groups in total. The number of aliphatic hydroxyl groups excluding tert-OH is 1. The molecule has 1 aliphatic heterocycles. The average Bonchev–Trinajstić information content (AvgIpc) is 2.23. The lowest BCUT2D eigenvalue weighted by Gasteiger charge is -2.49. The Morgan fingerprint density at radius 1 is 1.22 bits per heavy atom. The molecule has 18 heavy (non-hydrogen) atoms. The van der Waals surface area contributed by atoms with Crippen molar-refractivity contribution in [1.82, 2.24) is 5.06 Å². The van der Waals surface area contributed by atoms with E-state index in [1.54, 1.807) is 7.11 Å². The van der Waals surface area contributed by atoms with Crippen molar-refractivity contribution in [2.75, 3.05) is 20.3 Å². The highest BCUT2D eigenvalue weighted by atomic mass is 16.5. The van der Waals surface area contributed by atoms with Crippen molar-refractivity contribution in [1.29, 1.82) is 0 Å². The van der Waals surface area contributed by atoms with E-state index in [0.29, 0.717) is 12.8 Å². The average molecular weight is 260 g/mol. The van der Waals surface area contributed by atoms with Crippen molar-refractivity contribution in [3.8, 4) is 0 Å². The summed E-state index contributed by atoms with van der Waals surface area (Å²) in [5.74, 6) is 0. The van der Waals surface area contributed by atoms with Crippen LogP contribution in [0.5, 0.6) is 0 Å². The predicted octanol–water partition coefficient (Wildman–Crippen LogP) is 1.38. The number of methoxy groups -OCH3 is 1. The zero-order valence-corrected chi connectivity index (χ0v) is 12.1. The summed E-state index contributed by atoms with van der Waals surface area (Å²) < 4.78 is 10.6. The molecule has 0 aliphatic carbocycles. The summed E-state index contributed by atoms with van der Waals surface area (Å²) in [4.78, 5) is 0. The summed E-state index contributed by atoms with van der Waals surface area (Å²) in [5, 5.41) is 22.9. The molecule has 107 valence electrons. The summed E-state index contributed by atoms with van der Waals surface area (Å²) in [6.45, 7) is 8.26. The molecule has 1 rings (SSSR count). The van der Waals surface area contributed by atoms with Crippen LogP contribution in [0, 0.1) is 0 Å². The Hall–Kier alpha value is -0.200. The smallest absolute Gasteiger partial charge is 0.101 e. The van der Waals surface area contributed by atoms with Gasteiger partial charge < -0.3 is 14.6 Å². The van der Waals surface area contributed by atoms with E-state index in [2.05, 4.69) is 0 Å². The Labute approximate surface area is 110 Å². The highest BCUT2D eigenvalue weighted by Gasteiger charge is 2.46. The maximum absolute atomic E-state index is 12.1. The molecule has 1 heterocycles. The maximum atomic E-state index is 12.1. The van der Waals surface area contributed by atoms with E-state index in [-0.39, 0.29) is 19.3 Å². The molecule has 0 aromatic rings. The number of piperidine rings is 1. The van der Waals surface area contributed by atoms with Gasteiger partial charge in [0.05, 0.1) is 19.3 Å². The second kappa shape index (κ2) is 5.84. The minimum absolute atomic E-state index is 0.00621. The lowest BCUT2D eigenvalue weighted by molar-refractivity contribution is -0.302. The van der Waals surface area contributed by atoms with Gasteiger partial charge in [0.15, 0.2) is 0 Å². The van der Waals surface area contributed by atoms with Crippen molar-refractivity contribution >= 4 is 0 Å². The van der Waals surface area contributed by atoms with E-state index in [0.717, 1.165) is 0 Å². The Balaban J connectivity index is 2.53. The van der Waals surface area contributed by atoms with Gasteiger partial charge in [-0.3, -0.25) is 0 Å². The third-order valence-corrected chi connectivity index (χ3v) is 3.44. The van der Waals surface area contributed by atoms with Gasteiger partial charge in [-0.15, -0.1) is 10.3 Å². The maximum Gasteiger partial charge on any atom is 0.101 e. The number of hydrogen-bond donors (Lipinski definition) is 1. The summed E-state index contributed by atoms with van der Waals surface area (Å²) in [5.41, 5.74) is -0.864. The molecule has 0 amide bonds. The third kappa shape index (κ3) is 3.90. The minimum atomic E-state index is -0.605. The molecule has 0 saturated carbocycles. The summed E-state index contributed by atoms with van der Waals surface area (Å²) in [6.07, 6.45) is 0.762. The summed E-state index contributed by atoms with van der Waals surface area (Å²) >= 11 is 0. The standard InChI is InChI=1S/C13H26NO4/c1-12(2)6-11(7-13(3,4)14(12)16)18-9-10(15)8-17-5/h10-11,15H,6-9H2,1-5H3. The van der Waals surface area contributed by atoms with Gasteiger partial charge in [0.2, 0.25) is 0 Å². The first-order valence-electron chi connectivity index (χ1n) is 6.45. The quantitative estimate of drug-likeness (QED) is 0.811. The van der Waals surface area contributed by atoms with Crippen LogP contribution in [0.15, 0.2) is 0 Å². The summed E-state index contributed by atoms with van der Waals surface area (Å²) in [7, 11) is 1.55. The van der Waals surface area contributed by atoms with Gasteiger partial charge in [-0.05, 0) is 40.5 Å². The molecular weight excluding hydrogens is 234 g/mol. The molecule has 0 bridgehead atoms. The van der Waals surface area contributed by atoms with Crippen LogP contribution in [0.3, 0.4) is 0 Å². The number of aliphatic hydroxyl groups is 1. The van der Waals surface area contributed by atoms with E-state index >= 15 is 0 Å². The first-order valence-corrected chi connectivity index (χ1v) is 6.45. The van der Waals surface area contributed by atoms with E-state index in [1.807, 2.05) is 27.7 Å². The zero-order chi connectivity index (χ0) is 14.0. The fraction of sp³-hybridized carbons (Fsp3) is 1.00. The van der Waals surface area contributed by atoms with Gasteiger partial charge in [0, 0.05) is 18.2 Å². The highest BCUT2D eigenvalue weighted by molar-refractivity contribution is 4.96. The van der Waals surface area contributed by atoms with Crippen LogP contribution in [0.4, 0.5) is 0 Å². The first-order chi connectivity index (χ1) is 8.19. The van der Waals surface area contributed by atoms with Gasteiger partial charge in [-0.2, -0.15) is 0 Å². The fourth-order valence-corrected chi connectivity index (χ4v) is 2.78. The minimum Gasteiger partial charge on any atom is -0.388 e. The highest BCUT2D eigenvalue weighted by Crippen LogP contribution is 2.38. The number of nitrogens with zero attached hydrogens (tertiary/aromatic N) is 1. The van der Waals surface area contributed by atoms with Gasteiger partial charge in [-0.1, -0.05) is 0 Å². The lowest BCUT2D eigenvalue weighted by Crippen LogP contribution is -2.60. The second-order valence-electron chi connectivity index (χ2n) is 6.39. The van der Waals surface area contributed by atoms with E-state index in [4.69, 9.17) is 9.47 Å². The van der Waals surface area contributed by atoms with Crippen molar-refractivity contribution in [2.24, 2.45) is 0 Å². The predicted molar refractivity (Wildman–Crippen MR) is 67.5 cm³/mol. The van der Waals surface area contributed by atoms with E-state index in [1.165, 1.54) is 5.06 Å². The molecule has 1 saturated heterocycles. The molecule has 1 aliphatic rings. The Bertz CT molecular complexity index is 250. The molecule has 5 nitrogen and oxygen atoms in total. The third-order valence-electron chi connectivity index (χ3n) is 3.44. The van der Waals surface area contributed by atoms with Crippen molar-refractivity contribution in [3.63, 3.8) is 0 Å². The number of ether oxygens (including phenoxy) is 2.